The normalized spacial score (nSPS) is 18.5. The maximum Gasteiger partial charge on any atom is 0.214 e. The van der Waals surface area contributed by atoms with Crippen LogP contribution in [0.2, 0.25) is 0 Å². The fourth-order valence-electron chi connectivity index (χ4n) is 4.12. The molecule has 0 N–H and O–H groups in total. The molecule has 0 atom stereocenters. The van der Waals surface area contributed by atoms with E-state index < -0.39 is 16.7 Å². The van der Waals surface area contributed by atoms with Gasteiger partial charge in [0.05, 0.1) is 11.9 Å². The zero-order valence-corrected chi connectivity index (χ0v) is 19.3. The summed E-state index contributed by atoms with van der Waals surface area (Å²) in [5.41, 5.74) is 1.88. The third kappa shape index (κ3) is 5.57. The lowest BCUT2D eigenvalue weighted by Crippen LogP contribution is -2.53. The predicted octanol–water partition coefficient (Wildman–Crippen LogP) is 2.68. The van der Waals surface area contributed by atoms with Crippen molar-refractivity contribution in [2.75, 3.05) is 49.9 Å². The number of aromatic nitrogens is 1. The Balaban J connectivity index is 1.21. The Hall–Kier alpha value is -2.23. The average molecular weight is 463 g/mol. The molecule has 0 amide bonds. The Morgan fingerprint density at radius 2 is 1.72 bits per heavy atom. The van der Waals surface area contributed by atoms with E-state index in [9.17, 15) is 12.8 Å². The Kier molecular flexibility index (Phi) is 7.27. The first-order chi connectivity index (χ1) is 15.5. The van der Waals surface area contributed by atoms with E-state index in [1.54, 1.807) is 10.5 Å². The van der Waals surface area contributed by atoms with Crippen molar-refractivity contribution in [1.29, 1.82) is 0 Å². The van der Waals surface area contributed by atoms with Crippen molar-refractivity contribution in [3.63, 3.8) is 0 Å². The van der Waals surface area contributed by atoms with Gasteiger partial charge in [-0.3, -0.25) is 4.90 Å². The number of ether oxygens (including phenoxy) is 1. The van der Waals surface area contributed by atoms with Crippen LogP contribution in [-0.2, 0) is 23.2 Å². The molecule has 0 aliphatic carbocycles. The first-order valence-electron chi connectivity index (χ1n) is 11.2. The van der Waals surface area contributed by atoms with Gasteiger partial charge in [0.1, 0.15) is 24.3 Å². The highest BCUT2D eigenvalue weighted by Crippen LogP contribution is 2.22. The van der Waals surface area contributed by atoms with E-state index in [1.807, 2.05) is 43.3 Å². The minimum Gasteiger partial charge on any atom is -0.486 e. The minimum absolute atomic E-state index is 0.139. The number of benzene rings is 1. The van der Waals surface area contributed by atoms with E-state index in [-0.39, 0.29) is 11.9 Å². The fourth-order valence-corrected chi connectivity index (χ4v) is 5.62. The van der Waals surface area contributed by atoms with Crippen LogP contribution in [0.4, 0.5) is 10.2 Å². The van der Waals surface area contributed by atoms with E-state index in [0.717, 1.165) is 31.2 Å². The lowest BCUT2D eigenvalue weighted by molar-refractivity contribution is 0.0144. The number of sulfonamides is 1. The molecule has 1 aromatic heterocycles. The van der Waals surface area contributed by atoms with Gasteiger partial charge >= 0.3 is 0 Å². The Morgan fingerprint density at radius 1 is 1.03 bits per heavy atom. The number of anilines is 1. The molecule has 174 valence electrons. The van der Waals surface area contributed by atoms with Crippen molar-refractivity contribution >= 4 is 15.8 Å². The topological polar surface area (TPSA) is 66.0 Å². The van der Waals surface area contributed by atoms with Gasteiger partial charge in [-0.2, -0.15) is 4.31 Å². The van der Waals surface area contributed by atoms with E-state index >= 15 is 0 Å². The third-order valence-electron chi connectivity index (χ3n) is 5.95. The molecule has 2 aromatic rings. The van der Waals surface area contributed by atoms with Crippen LogP contribution in [0.15, 0.2) is 42.6 Å². The standard InChI is InChI=1S/C23H31FN4O3S/c1-2-13-32(29,30)28-11-9-27(10-12-28)23-8-7-21(15-25-23)31-22-17-26(18-22)16-20-5-3-19(14-24)4-6-20/h3-8,15,22H,2,9-14,16-18H2,1H3. The van der Waals surface area contributed by atoms with Crippen LogP contribution in [0.25, 0.3) is 0 Å². The molecule has 0 bridgehead atoms. The van der Waals surface area contributed by atoms with Crippen LogP contribution >= 0.6 is 0 Å². The number of hydrogen-bond acceptors (Lipinski definition) is 6. The van der Waals surface area contributed by atoms with Gasteiger partial charge in [0.25, 0.3) is 0 Å². The van der Waals surface area contributed by atoms with E-state index in [2.05, 4.69) is 14.8 Å². The Morgan fingerprint density at radius 3 is 2.31 bits per heavy atom. The lowest BCUT2D eigenvalue weighted by Gasteiger charge is -2.39. The number of piperazine rings is 1. The van der Waals surface area contributed by atoms with Crippen LogP contribution in [0.5, 0.6) is 5.75 Å². The second-order valence-electron chi connectivity index (χ2n) is 8.44. The van der Waals surface area contributed by atoms with Gasteiger partial charge in [0, 0.05) is 45.8 Å². The molecule has 1 aromatic carbocycles. The Bertz CT molecular complexity index is 971. The number of hydrogen-bond donors (Lipinski definition) is 0. The van der Waals surface area contributed by atoms with E-state index in [1.165, 1.54) is 5.56 Å². The zero-order valence-electron chi connectivity index (χ0n) is 18.5. The van der Waals surface area contributed by atoms with Gasteiger partial charge in [0.15, 0.2) is 0 Å². The second kappa shape index (κ2) is 10.1. The largest absolute Gasteiger partial charge is 0.486 e. The van der Waals surface area contributed by atoms with Gasteiger partial charge in [-0.15, -0.1) is 0 Å². The summed E-state index contributed by atoms with van der Waals surface area (Å²) < 4.78 is 44.7. The number of alkyl halides is 1. The molecule has 32 heavy (non-hydrogen) atoms. The second-order valence-corrected chi connectivity index (χ2v) is 10.5. The summed E-state index contributed by atoms with van der Waals surface area (Å²) in [6.45, 7) is 6.26. The molecule has 2 aliphatic heterocycles. The monoisotopic (exact) mass is 462 g/mol. The number of nitrogens with zero attached hydrogens (tertiary/aromatic N) is 4. The molecule has 0 unspecified atom stereocenters. The maximum atomic E-state index is 12.6. The van der Waals surface area contributed by atoms with Gasteiger partial charge in [-0.25, -0.2) is 17.8 Å². The molecule has 0 saturated carbocycles. The number of likely N-dealkylation sites (tertiary alicyclic amines) is 1. The summed E-state index contributed by atoms with van der Waals surface area (Å²) in [5.74, 6) is 1.80. The summed E-state index contributed by atoms with van der Waals surface area (Å²) >= 11 is 0. The van der Waals surface area contributed by atoms with Gasteiger partial charge in [-0.1, -0.05) is 31.2 Å². The molecule has 2 aliphatic rings. The third-order valence-corrected chi connectivity index (χ3v) is 8.02. The molecule has 9 heteroatoms. The van der Waals surface area contributed by atoms with Crippen molar-refractivity contribution in [2.24, 2.45) is 0 Å². The average Bonchev–Trinajstić information content (AvgIpc) is 2.78. The van der Waals surface area contributed by atoms with Gasteiger partial charge < -0.3 is 9.64 Å². The highest BCUT2D eigenvalue weighted by molar-refractivity contribution is 7.89. The molecular weight excluding hydrogens is 431 g/mol. The smallest absolute Gasteiger partial charge is 0.214 e. The molecular formula is C23H31FN4O3S. The van der Waals surface area contributed by atoms with Crippen molar-refractivity contribution in [1.82, 2.24) is 14.2 Å². The van der Waals surface area contributed by atoms with Crippen LogP contribution < -0.4 is 9.64 Å². The van der Waals surface area contributed by atoms with Crippen LogP contribution in [-0.4, -0.2) is 73.7 Å². The van der Waals surface area contributed by atoms with Crippen molar-refractivity contribution in [2.45, 2.75) is 32.7 Å². The number of pyridine rings is 1. The summed E-state index contributed by atoms with van der Waals surface area (Å²) in [6, 6.07) is 11.5. The SMILES string of the molecule is CCCS(=O)(=O)N1CCN(c2ccc(OC3CN(Cc4ccc(CF)cc4)C3)cn2)CC1. The maximum absolute atomic E-state index is 12.6. The number of halogens is 1. The molecule has 0 radical (unpaired) electrons. The molecule has 4 rings (SSSR count). The first-order valence-corrected chi connectivity index (χ1v) is 12.8. The molecule has 3 heterocycles. The quantitative estimate of drug-likeness (QED) is 0.571. The lowest BCUT2D eigenvalue weighted by atomic mass is 10.1. The summed E-state index contributed by atoms with van der Waals surface area (Å²) in [7, 11) is -3.14. The minimum atomic E-state index is -3.14. The van der Waals surface area contributed by atoms with Crippen molar-refractivity contribution in [3.05, 3.63) is 53.7 Å². The highest BCUT2D eigenvalue weighted by atomic mass is 32.2. The molecule has 0 spiro atoms. The van der Waals surface area contributed by atoms with Crippen molar-refractivity contribution in [3.8, 4) is 5.75 Å². The van der Waals surface area contributed by atoms with Crippen LogP contribution in [0.1, 0.15) is 24.5 Å². The Labute approximate surface area is 189 Å². The zero-order chi connectivity index (χ0) is 22.6. The van der Waals surface area contributed by atoms with Crippen LogP contribution in [0.3, 0.4) is 0 Å². The molecule has 2 fully saturated rings. The van der Waals surface area contributed by atoms with E-state index in [0.29, 0.717) is 38.2 Å². The summed E-state index contributed by atoms with van der Waals surface area (Å²) in [4.78, 5) is 8.94. The van der Waals surface area contributed by atoms with E-state index in [4.69, 9.17) is 4.74 Å². The summed E-state index contributed by atoms with van der Waals surface area (Å²) in [5, 5.41) is 0. The van der Waals surface area contributed by atoms with Crippen LogP contribution in [0, 0.1) is 0 Å². The fraction of sp³-hybridized carbons (Fsp3) is 0.522. The summed E-state index contributed by atoms with van der Waals surface area (Å²) in [6.07, 6.45) is 2.52. The first kappa shape index (κ1) is 22.9. The van der Waals surface area contributed by atoms with Crippen molar-refractivity contribution < 1.29 is 17.5 Å². The predicted molar refractivity (Wildman–Crippen MR) is 123 cm³/mol. The van der Waals surface area contributed by atoms with Gasteiger partial charge in [-0.05, 0) is 29.7 Å². The van der Waals surface area contributed by atoms with Gasteiger partial charge in [0.2, 0.25) is 10.0 Å². The number of rotatable bonds is 9. The highest BCUT2D eigenvalue weighted by Gasteiger charge is 2.29. The molecule has 7 nitrogen and oxygen atoms in total. The molecule has 2 saturated heterocycles.